The molecule has 0 heterocycles. The Balaban J connectivity index is 2.02. The number of fused-ring (bicyclic) bond motifs is 1. The minimum Gasteiger partial charge on any atom is -0.494 e. The molecule has 1 aliphatic rings. The number of hydrogen-bond acceptors (Lipinski definition) is 2. The minimum absolute atomic E-state index is 0.549. The number of benzene rings is 1. The van der Waals surface area contributed by atoms with Crippen molar-refractivity contribution in [3.05, 3.63) is 29.3 Å². The van der Waals surface area contributed by atoms with Crippen LogP contribution in [-0.2, 0) is 6.42 Å². The number of ether oxygens (including phenoxy) is 1. The van der Waals surface area contributed by atoms with E-state index in [-0.39, 0.29) is 0 Å². The molecule has 2 heteroatoms. The lowest BCUT2D eigenvalue weighted by atomic mass is 9.87. The summed E-state index contributed by atoms with van der Waals surface area (Å²) in [5.74, 6) is 1.04. The Hall–Kier alpha value is -1.02. The Morgan fingerprint density at radius 3 is 2.95 bits per heavy atom. The summed E-state index contributed by atoms with van der Waals surface area (Å²) < 4.78 is 5.81. The van der Waals surface area contributed by atoms with Crippen molar-refractivity contribution in [1.29, 1.82) is 0 Å². The predicted molar refractivity (Wildman–Crippen MR) is 80.8 cm³/mol. The average molecular weight is 261 g/mol. The zero-order valence-electron chi connectivity index (χ0n) is 12.4. The second-order valence-corrected chi connectivity index (χ2v) is 5.46. The molecule has 1 atom stereocenters. The number of unbranched alkanes of at least 4 members (excludes halogenated alkanes) is 1. The third-order valence-electron chi connectivity index (χ3n) is 3.84. The van der Waals surface area contributed by atoms with E-state index in [0.29, 0.717) is 6.04 Å². The van der Waals surface area contributed by atoms with Gasteiger partial charge in [0.05, 0.1) is 6.61 Å². The quantitative estimate of drug-likeness (QED) is 0.741. The molecule has 19 heavy (non-hydrogen) atoms. The van der Waals surface area contributed by atoms with Gasteiger partial charge in [0.1, 0.15) is 5.75 Å². The van der Waals surface area contributed by atoms with E-state index < -0.39 is 0 Å². The van der Waals surface area contributed by atoms with Crippen molar-refractivity contribution in [3.63, 3.8) is 0 Å². The van der Waals surface area contributed by atoms with Crippen LogP contribution in [0.4, 0.5) is 0 Å². The van der Waals surface area contributed by atoms with Gasteiger partial charge in [-0.3, -0.25) is 0 Å². The molecule has 2 nitrogen and oxygen atoms in total. The molecule has 1 aromatic carbocycles. The van der Waals surface area contributed by atoms with Crippen LogP contribution in [0.15, 0.2) is 18.2 Å². The fourth-order valence-electron chi connectivity index (χ4n) is 2.75. The summed E-state index contributed by atoms with van der Waals surface area (Å²) in [4.78, 5) is 0. The largest absolute Gasteiger partial charge is 0.494 e. The maximum Gasteiger partial charge on any atom is 0.119 e. The van der Waals surface area contributed by atoms with E-state index in [1.165, 1.54) is 43.2 Å². The standard InChI is InChI=1S/C17H27NO/c1-3-5-12-19-15-9-10-16-14(13-15)7-6-8-17(16)18-11-4-2/h9-10,13,17-18H,3-8,11-12H2,1-2H3. The highest BCUT2D eigenvalue weighted by Gasteiger charge is 2.19. The van der Waals surface area contributed by atoms with Gasteiger partial charge >= 0.3 is 0 Å². The van der Waals surface area contributed by atoms with Gasteiger partial charge in [0.2, 0.25) is 0 Å². The fraction of sp³-hybridized carbons (Fsp3) is 0.647. The highest BCUT2D eigenvalue weighted by molar-refractivity contribution is 5.39. The molecular formula is C17H27NO. The first kappa shape index (κ1) is 14.4. The third-order valence-corrected chi connectivity index (χ3v) is 3.84. The highest BCUT2D eigenvalue weighted by Crippen LogP contribution is 2.32. The normalized spacial score (nSPS) is 18.1. The molecule has 106 valence electrons. The summed E-state index contributed by atoms with van der Waals surface area (Å²) in [6, 6.07) is 7.21. The molecule has 0 saturated carbocycles. The van der Waals surface area contributed by atoms with Crippen LogP contribution in [0, 0.1) is 0 Å². The summed E-state index contributed by atoms with van der Waals surface area (Å²) in [5.41, 5.74) is 2.97. The Bertz CT molecular complexity index is 389. The molecule has 0 aliphatic heterocycles. The number of aryl methyl sites for hydroxylation is 1. The van der Waals surface area contributed by atoms with Crippen molar-refractivity contribution in [2.75, 3.05) is 13.2 Å². The lowest BCUT2D eigenvalue weighted by Crippen LogP contribution is -2.25. The predicted octanol–water partition coefficient (Wildman–Crippen LogP) is 4.24. The maximum absolute atomic E-state index is 5.81. The number of nitrogens with one attached hydrogen (secondary N) is 1. The van der Waals surface area contributed by atoms with Crippen LogP contribution in [0.3, 0.4) is 0 Å². The molecule has 2 rings (SSSR count). The number of rotatable bonds is 7. The molecule has 1 N–H and O–H groups in total. The van der Waals surface area contributed by atoms with Gasteiger partial charge in [-0.05, 0) is 61.9 Å². The zero-order chi connectivity index (χ0) is 13.5. The molecule has 1 aromatic rings. The molecule has 0 spiro atoms. The van der Waals surface area contributed by atoms with Crippen LogP contribution in [0.1, 0.15) is 63.1 Å². The first-order valence-corrected chi connectivity index (χ1v) is 7.84. The third kappa shape index (κ3) is 3.97. The molecule has 0 fully saturated rings. The van der Waals surface area contributed by atoms with E-state index in [1.807, 2.05) is 0 Å². The highest BCUT2D eigenvalue weighted by atomic mass is 16.5. The molecular weight excluding hydrogens is 234 g/mol. The van der Waals surface area contributed by atoms with Gasteiger partial charge in [-0.2, -0.15) is 0 Å². The van der Waals surface area contributed by atoms with Gasteiger partial charge in [0, 0.05) is 6.04 Å². The van der Waals surface area contributed by atoms with Gasteiger partial charge in [0.15, 0.2) is 0 Å². The summed E-state index contributed by atoms with van der Waals surface area (Å²) >= 11 is 0. The van der Waals surface area contributed by atoms with Crippen LogP contribution < -0.4 is 10.1 Å². The van der Waals surface area contributed by atoms with Crippen molar-refractivity contribution >= 4 is 0 Å². The molecule has 0 radical (unpaired) electrons. The van der Waals surface area contributed by atoms with Gasteiger partial charge in [-0.15, -0.1) is 0 Å². The van der Waals surface area contributed by atoms with Crippen molar-refractivity contribution in [2.45, 2.75) is 58.4 Å². The van der Waals surface area contributed by atoms with E-state index in [0.717, 1.165) is 25.3 Å². The van der Waals surface area contributed by atoms with Crippen LogP contribution in [-0.4, -0.2) is 13.2 Å². The summed E-state index contributed by atoms with van der Waals surface area (Å²) in [7, 11) is 0. The van der Waals surface area contributed by atoms with Crippen LogP contribution in [0.25, 0.3) is 0 Å². The van der Waals surface area contributed by atoms with Crippen LogP contribution >= 0.6 is 0 Å². The Morgan fingerprint density at radius 1 is 1.26 bits per heavy atom. The lowest BCUT2D eigenvalue weighted by Gasteiger charge is -2.27. The monoisotopic (exact) mass is 261 g/mol. The maximum atomic E-state index is 5.81. The van der Waals surface area contributed by atoms with E-state index in [4.69, 9.17) is 4.74 Å². The second kappa shape index (κ2) is 7.54. The van der Waals surface area contributed by atoms with Crippen molar-refractivity contribution in [1.82, 2.24) is 5.32 Å². The van der Waals surface area contributed by atoms with Gasteiger partial charge in [-0.1, -0.05) is 26.3 Å². The van der Waals surface area contributed by atoms with E-state index in [2.05, 4.69) is 37.4 Å². The van der Waals surface area contributed by atoms with E-state index >= 15 is 0 Å². The average Bonchev–Trinajstić information content (AvgIpc) is 2.45. The summed E-state index contributed by atoms with van der Waals surface area (Å²) in [6.45, 7) is 6.37. The van der Waals surface area contributed by atoms with Crippen molar-refractivity contribution < 1.29 is 4.74 Å². The first-order valence-electron chi connectivity index (χ1n) is 7.84. The van der Waals surface area contributed by atoms with Crippen molar-refractivity contribution in [2.24, 2.45) is 0 Å². The van der Waals surface area contributed by atoms with Gasteiger partial charge in [-0.25, -0.2) is 0 Å². The Kier molecular flexibility index (Phi) is 5.71. The number of hydrogen-bond donors (Lipinski definition) is 1. The van der Waals surface area contributed by atoms with E-state index in [9.17, 15) is 0 Å². The smallest absolute Gasteiger partial charge is 0.119 e. The minimum atomic E-state index is 0.549. The van der Waals surface area contributed by atoms with Crippen LogP contribution in [0.2, 0.25) is 0 Å². The molecule has 0 amide bonds. The van der Waals surface area contributed by atoms with Crippen LogP contribution in [0.5, 0.6) is 5.75 Å². The van der Waals surface area contributed by atoms with E-state index in [1.54, 1.807) is 0 Å². The molecule has 0 saturated heterocycles. The molecule has 1 unspecified atom stereocenters. The molecule has 0 bridgehead atoms. The lowest BCUT2D eigenvalue weighted by molar-refractivity contribution is 0.308. The molecule has 1 aliphatic carbocycles. The zero-order valence-corrected chi connectivity index (χ0v) is 12.4. The van der Waals surface area contributed by atoms with Gasteiger partial charge < -0.3 is 10.1 Å². The first-order chi connectivity index (χ1) is 9.35. The Morgan fingerprint density at radius 2 is 2.16 bits per heavy atom. The fourth-order valence-corrected chi connectivity index (χ4v) is 2.75. The summed E-state index contributed by atoms with van der Waals surface area (Å²) in [6.07, 6.45) is 7.27. The second-order valence-electron chi connectivity index (χ2n) is 5.46. The Labute approximate surface area is 117 Å². The molecule has 0 aromatic heterocycles. The van der Waals surface area contributed by atoms with Gasteiger partial charge in [0.25, 0.3) is 0 Å². The topological polar surface area (TPSA) is 21.3 Å². The van der Waals surface area contributed by atoms with Crippen molar-refractivity contribution in [3.8, 4) is 5.75 Å². The SMILES string of the molecule is CCCCOc1ccc2c(c1)CCCC2NCCC. The summed E-state index contributed by atoms with van der Waals surface area (Å²) in [5, 5.41) is 3.66.